The molecule has 1 atom stereocenters. The van der Waals surface area contributed by atoms with Crippen LogP contribution in [0.4, 0.5) is 39.5 Å². The van der Waals surface area contributed by atoms with Gasteiger partial charge in [0.05, 0.1) is 0 Å². The van der Waals surface area contributed by atoms with Gasteiger partial charge < -0.3 is 0 Å². The highest BCUT2D eigenvalue weighted by molar-refractivity contribution is 7.85. The monoisotopic (exact) mass is 371 g/mol. The molecule has 12 heteroatoms. The van der Waals surface area contributed by atoms with Crippen molar-refractivity contribution in [2.45, 2.75) is 23.3 Å². The van der Waals surface area contributed by atoms with Crippen molar-refractivity contribution in [2.24, 2.45) is 4.40 Å². The molecule has 0 heterocycles. The van der Waals surface area contributed by atoms with E-state index in [9.17, 15) is 43.7 Å². The smallest absolute Gasteiger partial charge is 0.228 e. The Labute approximate surface area is 125 Å². The zero-order valence-electron chi connectivity index (χ0n) is 10.6. The molecule has 0 radical (unpaired) electrons. The first-order valence-corrected chi connectivity index (χ1v) is 6.57. The third kappa shape index (κ3) is 3.51. The average molecular weight is 371 g/mol. The lowest BCUT2D eigenvalue weighted by atomic mass is 10.1. The molecule has 0 aliphatic heterocycles. The maximum absolute atomic E-state index is 13.2. The normalized spacial score (nSPS) is 15.9. The van der Waals surface area contributed by atoms with Gasteiger partial charge in [-0.05, 0) is 5.56 Å². The molecule has 0 unspecified atom stereocenters. The van der Waals surface area contributed by atoms with Crippen molar-refractivity contribution >= 4 is 17.2 Å². The number of alkyl halides is 9. The minimum atomic E-state index is -7.10. The molecule has 1 aromatic carbocycles. The number of hydrogen-bond donors (Lipinski definition) is 0. The molecule has 2 nitrogen and oxygen atoms in total. The van der Waals surface area contributed by atoms with Crippen LogP contribution in [0.15, 0.2) is 34.7 Å². The van der Waals surface area contributed by atoms with Crippen LogP contribution in [0.25, 0.3) is 0 Å². The molecule has 130 valence electrons. The number of benzene rings is 1. The van der Waals surface area contributed by atoms with E-state index in [1.807, 2.05) is 0 Å². The summed E-state index contributed by atoms with van der Waals surface area (Å²) in [7, 11) is -4.38. The molecular weight excluding hydrogens is 365 g/mol. The number of nitrogens with zero attached hydrogens (tertiary/aromatic N) is 1. The van der Waals surface area contributed by atoms with Crippen LogP contribution in [0.5, 0.6) is 0 Å². The van der Waals surface area contributed by atoms with Crippen LogP contribution in [0.2, 0.25) is 0 Å². The Hall–Kier alpha value is -1.59. The van der Waals surface area contributed by atoms with Crippen LogP contribution in [0, 0.1) is 0 Å². The van der Waals surface area contributed by atoms with E-state index in [4.69, 9.17) is 0 Å². The van der Waals surface area contributed by atoms with E-state index in [1.165, 1.54) is 30.3 Å². The van der Waals surface area contributed by atoms with E-state index < -0.39 is 34.3 Å². The van der Waals surface area contributed by atoms with Crippen LogP contribution in [0.1, 0.15) is 5.56 Å². The van der Waals surface area contributed by atoms with Gasteiger partial charge in [0.2, 0.25) is 11.0 Å². The van der Waals surface area contributed by atoms with Gasteiger partial charge in [-0.2, -0.15) is 43.9 Å². The Bertz CT molecular complexity index is 597. The molecule has 0 amide bonds. The third-order valence-corrected chi connectivity index (χ3v) is 3.42. The highest BCUT2D eigenvalue weighted by Crippen LogP contribution is 2.54. The van der Waals surface area contributed by atoms with Crippen molar-refractivity contribution in [3.8, 4) is 0 Å². The van der Waals surface area contributed by atoms with Crippen LogP contribution in [-0.2, 0) is 11.0 Å². The molecule has 0 aliphatic rings. The summed E-state index contributed by atoms with van der Waals surface area (Å²) in [5.41, 5.74) is -0.0115. The lowest BCUT2D eigenvalue weighted by molar-refractivity contribution is -0.381. The standard InChI is InChI=1S/C11H6F9NOS/c12-8(13,10(16,17)18)9(14,15)11(19,20)23(22)21-6-7-4-2-1-3-5-7/h1-6H/t23-/m0/s1. The van der Waals surface area contributed by atoms with Gasteiger partial charge in [0.25, 0.3) is 0 Å². The molecule has 0 N–H and O–H groups in total. The van der Waals surface area contributed by atoms with E-state index in [0.717, 1.165) is 0 Å². The molecule has 0 aliphatic carbocycles. The van der Waals surface area contributed by atoms with Crippen LogP contribution in [0.3, 0.4) is 0 Å². The molecule has 1 rings (SSSR count). The van der Waals surface area contributed by atoms with Crippen LogP contribution < -0.4 is 0 Å². The van der Waals surface area contributed by atoms with Crippen molar-refractivity contribution in [1.82, 2.24) is 0 Å². The Kier molecular flexibility index (Phi) is 5.19. The van der Waals surface area contributed by atoms with Gasteiger partial charge >= 0.3 is 23.3 Å². The van der Waals surface area contributed by atoms with Crippen LogP contribution >= 0.6 is 0 Å². The first-order valence-electron chi connectivity index (χ1n) is 5.46. The fraction of sp³-hybridized carbons (Fsp3) is 0.364. The fourth-order valence-electron chi connectivity index (χ4n) is 1.18. The first-order chi connectivity index (χ1) is 10.2. The van der Waals surface area contributed by atoms with Gasteiger partial charge in [0, 0.05) is 6.21 Å². The Morgan fingerprint density at radius 2 is 1.30 bits per heavy atom. The summed E-state index contributed by atoms with van der Waals surface area (Å²) in [5, 5.41) is -6.25. The van der Waals surface area contributed by atoms with Gasteiger partial charge in [0.1, 0.15) is 0 Å². The number of hydrogen-bond acceptors (Lipinski definition) is 1. The zero-order chi connectivity index (χ0) is 18.1. The van der Waals surface area contributed by atoms with Crippen molar-refractivity contribution in [3.05, 3.63) is 35.9 Å². The van der Waals surface area contributed by atoms with Crippen LogP contribution in [-0.4, -0.2) is 33.7 Å². The van der Waals surface area contributed by atoms with E-state index >= 15 is 0 Å². The number of halogens is 9. The summed E-state index contributed by atoms with van der Waals surface area (Å²) in [6.07, 6.45) is -6.58. The van der Waals surface area contributed by atoms with Gasteiger partial charge in [-0.3, -0.25) is 0 Å². The summed E-state index contributed by atoms with van der Waals surface area (Å²) in [5.74, 6) is -14.1. The second kappa shape index (κ2) is 6.13. The molecule has 23 heavy (non-hydrogen) atoms. The Morgan fingerprint density at radius 1 is 0.826 bits per heavy atom. The summed E-state index contributed by atoms with van der Waals surface area (Å²) in [6, 6.07) is 6.60. The zero-order valence-corrected chi connectivity index (χ0v) is 11.4. The summed E-state index contributed by atoms with van der Waals surface area (Å²) >= 11 is 0. The second-order valence-corrected chi connectivity index (χ2v) is 5.28. The Morgan fingerprint density at radius 3 is 1.74 bits per heavy atom. The largest absolute Gasteiger partial charge is 0.460 e. The van der Waals surface area contributed by atoms with Crippen molar-refractivity contribution < 1.29 is 43.7 Å². The highest BCUT2D eigenvalue weighted by atomic mass is 32.2. The fourth-order valence-corrected chi connectivity index (χ4v) is 1.88. The predicted octanol–water partition coefficient (Wildman–Crippen LogP) is 4.19. The van der Waals surface area contributed by atoms with E-state index in [-0.39, 0.29) is 5.56 Å². The maximum Gasteiger partial charge on any atom is 0.460 e. The molecular formula is C11H6F9NOS. The first kappa shape index (κ1) is 19.5. The van der Waals surface area contributed by atoms with Crippen molar-refractivity contribution in [1.29, 1.82) is 0 Å². The van der Waals surface area contributed by atoms with E-state index in [1.54, 1.807) is 0 Å². The Balaban J connectivity index is 3.14. The lowest BCUT2D eigenvalue weighted by Gasteiger charge is -2.31. The quantitative estimate of drug-likeness (QED) is 0.564. The molecule has 0 saturated carbocycles. The van der Waals surface area contributed by atoms with Gasteiger partial charge in [0.15, 0.2) is 0 Å². The van der Waals surface area contributed by atoms with Gasteiger partial charge in [-0.15, -0.1) is 0 Å². The molecule has 0 saturated heterocycles. The topological polar surface area (TPSA) is 29.4 Å². The predicted molar refractivity (Wildman–Crippen MR) is 63.1 cm³/mol. The lowest BCUT2D eigenvalue weighted by Crippen LogP contribution is -2.61. The minimum Gasteiger partial charge on any atom is -0.228 e. The van der Waals surface area contributed by atoms with E-state index in [0.29, 0.717) is 6.21 Å². The molecule has 1 aromatic rings. The molecule has 0 fully saturated rings. The molecule has 0 aromatic heterocycles. The highest BCUT2D eigenvalue weighted by Gasteiger charge is 2.83. The molecule has 0 spiro atoms. The number of rotatable bonds is 5. The summed E-state index contributed by atoms with van der Waals surface area (Å²) in [6.45, 7) is 0. The summed E-state index contributed by atoms with van der Waals surface area (Å²) < 4.78 is 127. The minimum absolute atomic E-state index is 0.0115. The van der Waals surface area contributed by atoms with Gasteiger partial charge in [-0.1, -0.05) is 30.3 Å². The summed E-state index contributed by atoms with van der Waals surface area (Å²) in [4.78, 5) is 0. The second-order valence-electron chi connectivity index (χ2n) is 4.06. The van der Waals surface area contributed by atoms with Gasteiger partial charge in [-0.25, -0.2) is 4.21 Å². The average Bonchev–Trinajstić information content (AvgIpc) is 2.44. The van der Waals surface area contributed by atoms with E-state index in [2.05, 4.69) is 4.40 Å². The molecule has 0 bridgehead atoms. The van der Waals surface area contributed by atoms with Crippen molar-refractivity contribution in [3.63, 3.8) is 0 Å². The third-order valence-electron chi connectivity index (χ3n) is 2.43. The SMILES string of the molecule is O=[S@](N=Cc1ccccc1)C(F)(F)C(F)(F)C(F)(F)C(F)(F)F. The maximum atomic E-state index is 13.2. The van der Waals surface area contributed by atoms with Crippen molar-refractivity contribution in [2.75, 3.05) is 0 Å².